The van der Waals surface area contributed by atoms with Crippen LogP contribution in [0.15, 0.2) is 6.07 Å². The Morgan fingerprint density at radius 1 is 1.45 bits per heavy atom. The fraction of sp³-hybridized carbons (Fsp3) is 0.714. The van der Waals surface area contributed by atoms with Gasteiger partial charge in [-0.1, -0.05) is 0 Å². The Labute approximate surface area is 120 Å². The number of aromatic nitrogens is 2. The first kappa shape index (κ1) is 15.0. The van der Waals surface area contributed by atoms with Crippen LogP contribution in [-0.2, 0) is 16.1 Å². The molecular formula is C14H24N4O2. The second-order valence-electron chi connectivity index (χ2n) is 4.88. The number of piperidine rings is 1. The van der Waals surface area contributed by atoms with E-state index in [1.165, 1.54) is 0 Å². The summed E-state index contributed by atoms with van der Waals surface area (Å²) in [4.78, 5) is 11.2. The molecule has 2 heterocycles. The van der Waals surface area contributed by atoms with Gasteiger partial charge in [0, 0.05) is 39.9 Å². The third kappa shape index (κ3) is 3.80. The molecule has 6 nitrogen and oxygen atoms in total. The van der Waals surface area contributed by atoms with Gasteiger partial charge in [-0.3, -0.25) is 0 Å². The van der Waals surface area contributed by atoms with Crippen molar-refractivity contribution in [2.45, 2.75) is 32.5 Å². The van der Waals surface area contributed by atoms with Crippen molar-refractivity contribution in [2.24, 2.45) is 0 Å². The molecule has 0 spiro atoms. The van der Waals surface area contributed by atoms with Crippen LogP contribution in [0.3, 0.4) is 0 Å². The van der Waals surface area contributed by atoms with E-state index < -0.39 is 0 Å². The molecule has 1 aromatic rings. The second-order valence-corrected chi connectivity index (χ2v) is 4.88. The van der Waals surface area contributed by atoms with Crippen molar-refractivity contribution in [1.82, 2.24) is 9.97 Å². The second kappa shape index (κ2) is 7.40. The maximum Gasteiger partial charge on any atom is 0.158 e. The van der Waals surface area contributed by atoms with Crippen molar-refractivity contribution < 1.29 is 9.47 Å². The molecule has 1 aliphatic heterocycles. The molecule has 1 unspecified atom stereocenters. The minimum atomic E-state index is 0.299. The zero-order chi connectivity index (χ0) is 14.4. The molecule has 1 saturated heterocycles. The summed E-state index contributed by atoms with van der Waals surface area (Å²) in [5, 5.41) is 3.08. The van der Waals surface area contributed by atoms with E-state index >= 15 is 0 Å². The molecule has 0 bridgehead atoms. The number of hydrogen-bond donors (Lipinski definition) is 1. The van der Waals surface area contributed by atoms with Gasteiger partial charge in [0.15, 0.2) is 5.82 Å². The molecule has 112 valence electrons. The molecule has 1 aromatic heterocycles. The molecule has 1 fully saturated rings. The van der Waals surface area contributed by atoms with Gasteiger partial charge >= 0.3 is 0 Å². The van der Waals surface area contributed by atoms with Crippen molar-refractivity contribution in [1.29, 1.82) is 0 Å². The molecule has 6 heteroatoms. The van der Waals surface area contributed by atoms with Crippen LogP contribution >= 0.6 is 0 Å². The molecule has 0 radical (unpaired) electrons. The molecule has 0 saturated carbocycles. The van der Waals surface area contributed by atoms with E-state index in [1.807, 2.05) is 20.0 Å². The van der Waals surface area contributed by atoms with Crippen LogP contribution in [0.5, 0.6) is 0 Å². The molecule has 2 rings (SSSR count). The Morgan fingerprint density at radius 2 is 2.30 bits per heavy atom. The van der Waals surface area contributed by atoms with Crippen LogP contribution in [0.1, 0.15) is 25.6 Å². The summed E-state index contributed by atoms with van der Waals surface area (Å²) in [6, 6.07) is 1.98. The van der Waals surface area contributed by atoms with E-state index in [0.717, 1.165) is 44.2 Å². The van der Waals surface area contributed by atoms with Gasteiger partial charge in [0.1, 0.15) is 18.2 Å². The number of nitrogens with one attached hydrogen (secondary N) is 1. The smallest absolute Gasteiger partial charge is 0.158 e. The molecule has 1 atom stereocenters. The average molecular weight is 280 g/mol. The maximum atomic E-state index is 5.74. The maximum absolute atomic E-state index is 5.74. The third-order valence-electron chi connectivity index (χ3n) is 3.39. The van der Waals surface area contributed by atoms with E-state index in [2.05, 4.69) is 20.2 Å². The van der Waals surface area contributed by atoms with E-state index in [1.54, 1.807) is 7.11 Å². The first-order chi connectivity index (χ1) is 9.76. The summed E-state index contributed by atoms with van der Waals surface area (Å²) in [5.74, 6) is 2.47. The van der Waals surface area contributed by atoms with Gasteiger partial charge in [-0.05, 0) is 19.8 Å². The van der Waals surface area contributed by atoms with E-state index in [9.17, 15) is 0 Å². The van der Waals surface area contributed by atoms with Crippen molar-refractivity contribution in [2.75, 3.05) is 44.1 Å². The van der Waals surface area contributed by atoms with Crippen molar-refractivity contribution in [3.05, 3.63) is 11.9 Å². The highest BCUT2D eigenvalue weighted by atomic mass is 16.5. The Kier molecular flexibility index (Phi) is 5.55. The van der Waals surface area contributed by atoms with Gasteiger partial charge in [-0.25, -0.2) is 9.97 Å². The van der Waals surface area contributed by atoms with Crippen molar-refractivity contribution in [3.63, 3.8) is 0 Å². The fourth-order valence-corrected chi connectivity index (χ4v) is 2.48. The summed E-state index contributed by atoms with van der Waals surface area (Å²) < 4.78 is 10.9. The lowest BCUT2D eigenvalue weighted by atomic mass is 10.1. The summed E-state index contributed by atoms with van der Waals surface area (Å²) >= 11 is 0. The van der Waals surface area contributed by atoms with Crippen LogP contribution < -0.4 is 10.2 Å². The monoisotopic (exact) mass is 280 g/mol. The van der Waals surface area contributed by atoms with Gasteiger partial charge in [-0.2, -0.15) is 0 Å². The molecule has 0 amide bonds. The molecular weight excluding hydrogens is 256 g/mol. The lowest BCUT2D eigenvalue weighted by Gasteiger charge is -2.33. The van der Waals surface area contributed by atoms with Crippen LogP contribution in [0, 0.1) is 0 Å². The fourth-order valence-electron chi connectivity index (χ4n) is 2.48. The largest absolute Gasteiger partial charge is 0.377 e. The summed E-state index contributed by atoms with van der Waals surface area (Å²) in [6.07, 6.45) is 2.55. The van der Waals surface area contributed by atoms with Gasteiger partial charge in [-0.15, -0.1) is 0 Å². The van der Waals surface area contributed by atoms with E-state index in [4.69, 9.17) is 9.47 Å². The zero-order valence-electron chi connectivity index (χ0n) is 12.6. The Bertz CT molecular complexity index is 426. The third-order valence-corrected chi connectivity index (χ3v) is 3.39. The normalized spacial score (nSPS) is 19.1. The average Bonchev–Trinajstić information content (AvgIpc) is 2.48. The van der Waals surface area contributed by atoms with Gasteiger partial charge in [0.05, 0.1) is 6.10 Å². The minimum absolute atomic E-state index is 0.299. The van der Waals surface area contributed by atoms with Crippen LogP contribution in [0.2, 0.25) is 0 Å². The highest BCUT2D eigenvalue weighted by Gasteiger charge is 2.22. The van der Waals surface area contributed by atoms with E-state index in [0.29, 0.717) is 18.5 Å². The highest BCUT2D eigenvalue weighted by molar-refractivity contribution is 5.49. The number of hydrogen-bond acceptors (Lipinski definition) is 6. The van der Waals surface area contributed by atoms with Gasteiger partial charge < -0.3 is 19.7 Å². The topological polar surface area (TPSA) is 59.5 Å². The molecule has 0 aromatic carbocycles. The van der Waals surface area contributed by atoms with E-state index in [-0.39, 0.29) is 0 Å². The number of methoxy groups -OCH3 is 1. The predicted octanol–water partition coefficient (Wildman–Crippen LogP) is 1.67. The highest BCUT2D eigenvalue weighted by Crippen LogP contribution is 2.22. The van der Waals surface area contributed by atoms with Gasteiger partial charge in [0.2, 0.25) is 0 Å². The molecule has 1 N–H and O–H groups in total. The lowest BCUT2D eigenvalue weighted by Crippen LogP contribution is -2.40. The molecule has 0 aliphatic carbocycles. The quantitative estimate of drug-likeness (QED) is 0.855. The first-order valence-corrected chi connectivity index (χ1v) is 7.18. The summed E-state index contributed by atoms with van der Waals surface area (Å²) in [7, 11) is 3.52. The summed E-state index contributed by atoms with van der Waals surface area (Å²) in [5.41, 5.74) is 0. The Morgan fingerprint density at radius 3 is 3.00 bits per heavy atom. The molecule has 20 heavy (non-hydrogen) atoms. The standard InChI is InChI=1S/C14H24N4O2/c1-4-20-11-6-5-7-18(9-11)14-8-12(15-2)16-13(17-14)10-19-3/h8,11H,4-7,9-10H2,1-3H3,(H,15,16,17). The number of nitrogens with zero attached hydrogens (tertiary/aromatic N) is 3. The van der Waals surface area contributed by atoms with Gasteiger partial charge in [0.25, 0.3) is 0 Å². The minimum Gasteiger partial charge on any atom is -0.377 e. The summed E-state index contributed by atoms with van der Waals surface area (Å²) in [6.45, 7) is 5.13. The van der Waals surface area contributed by atoms with Crippen molar-refractivity contribution in [3.8, 4) is 0 Å². The van der Waals surface area contributed by atoms with Crippen LogP contribution in [-0.4, -0.2) is 49.9 Å². The first-order valence-electron chi connectivity index (χ1n) is 7.18. The Balaban J connectivity index is 2.15. The Hall–Kier alpha value is -1.40. The van der Waals surface area contributed by atoms with Crippen LogP contribution in [0.4, 0.5) is 11.6 Å². The number of ether oxygens (including phenoxy) is 2. The zero-order valence-corrected chi connectivity index (χ0v) is 12.6. The van der Waals surface area contributed by atoms with Crippen molar-refractivity contribution >= 4 is 11.6 Å². The number of rotatable bonds is 6. The molecule has 1 aliphatic rings. The van der Waals surface area contributed by atoms with Crippen LogP contribution in [0.25, 0.3) is 0 Å². The lowest BCUT2D eigenvalue weighted by molar-refractivity contribution is 0.0525. The number of anilines is 2. The SMILES string of the molecule is CCOC1CCCN(c2cc(NC)nc(COC)n2)C1. The predicted molar refractivity (Wildman–Crippen MR) is 79.2 cm³/mol.